The van der Waals surface area contributed by atoms with Crippen molar-refractivity contribution in [1.82, 2.24) is 4.98 Å². The van der Waals surface area contributed by atoms with Crippen LogP contribution >= 0.6 is 11.8 Å². The van der Waals surface area contributed by atoms with E-state index in [2.05, 4.69) is 11.1 Å². The highest BCUT2D eigenvalue weighted by atomic mass is 32.2. The van der Waals surface area contributed by atoms with Crippen molar-refractivity contribution in [2.45, 2.75) is 42.4 Å². The average molecular weight is 431 g/mol. The first-order valence-electron chi connectivity index (χ1n) is 9.63. The lowest BCUT2D eigenvalue weighted by atomic mass is 10.0. The molecule has 154 valence electrons. The Morgan fingerprint density at radius 2 is 1.81 bits per heavy atom. The van der Waals surface area contributed by atoms with Crippen LogP contribution in [0.2, 0.25) is 0 Å². The summed E-state index contributed by atoms with van der Waals surface area (Å²) >= 11 is 1.02. The molecule has 1 aromatic carbocycles. The van der Waals surface area contributed by atoms with E-state index >= 15 is 0 Å². The molecule has 2 aromatic rings. The highest BCUT2D eigenvalue weighted by Crippen LogP contribution is 2.46. The van der Waals surface area contributed by atoms with Crippen LogP contribution in [0.15, 0.2) is 29.3 Å². The van der Waals surface area contributed by atoms with Gasteiger partial charge in [0.15, 0.2) is 5.78 Å². The van der Waals surface area contributed by atoms with Gasteiger partial charge in [-0.2, -0.15) is 10.5 Å². The van der Waals surface area contributed by atoms with Crippen LogP contribution in [0.4, 0.5) is 11.5 Å². The van der Waals surface area contributed by atoms with E-state index in [0.717, 1.165) is 29.5 Å². The normalized spacial score (nSPS) is 18.0. The minimum Gasteiger partial charge on any atom is -0.383 e. The largest absolute Gasteiger partial charge is 0.383 e. The van der Waals surface area contributed by atoms with Gasteiger partial charge in [-0.1, -0.05) is 11.8 Å². The molecule has 1 atom stereocenters. The second kappa shape index (κ2) is 7.86. The molecular weight excluding hydrogens is 414 g/mol. The Morgan fingerprint density at radius 3 is 2.35 bits per heavy atom. The predicted octanol–water partition coefficient (Wildman–Crippen LogP) is 2.91. The van der Waals surface area contributed by atoms with E-state index in [1.165, 1.54) is 6.92 Å². The fourth-order valence-corrected chi connectivity index (χ4v) is 4.76. The van der Waals surface area contributed by atoms with Crippen LogP contribution < -0.4 is 10.6 Å². The number of imide groups is 1. The fourth-order valence-electron chi connectivity index (χ4n) is 3.64. The van der Waals surface area contributed by atoms with Gasteiger partial charge in [-0.25, -0.2) is 9.88 Å². The number of ketones is 1. The molecule has 8 nitrogen and oxygen atoms in total. The second-order valence-corrected chi connectivity index (χ2v) is 8.64. The Hall–Kier alpha value is -3.69. The third-order valence-electron chi connectivity index (χ3n) is 5.33. The highest BCUT2D eigenvalue weighted by molar-refractivity contribution is 8.00. The minimum absolute atomic E-state index is 0.0272. The Labute approximate surface area is 182 Å². The average Bonchev–Trinajstić information content (AvgIpc) is 3.54. The summed E-state index contributed by atoms with van der Waals surface area (Å²) in [7, 11) is 0. The molecule has 4 rings (SSSR count). The molecule has 9 heteroatoms. The molecule has 0 spiro atoms. The Bertz CT molecular complexity index is 1210. The molecule has 1 aliphatic carbocycles. The number of nitrogens with zero attached hydrogens (tertiary/aromatic N) is 4. The first-order valence-corrected chi connectivity index (χ1v) is 10.5. The lowest BCUT2D eigenvalue weighted by Crippen LogP contribution is -2.31. The number of aromatic nitrogens is 1. The standard InChI is InChI=1S/C22H17N5O3S/c1-11(28)12-4-6-14(7-5-12)27-18(29)8-17(22(27)30)31-21-16(10-24)19(13-2-3-13)15(9-23)20(25)26-21/h4-7,13,17H,2-3,8H2,1H3,(H2,25,26)/t17-/m0/s1. The predicted molar refractivity (Wildman–Crippen MR) is 113 cm³/mol. The molecule has 0 bridgehead atoms. The molecule has 2 fully saturated rings. The van der Waals surface area contributed by atoms with Crippen molar-refractivity contribution in [3.63, 3.8) is 0 Å². The maximum absolute atomic E-state index is 13.0. The molecule has 0 radical (unpaired) electrons. The van der Waals surface area contributed by atoms with Gasteiger partial charge in [0, 0.05) is 12.0 Å². The monoisotopic (exact) mass is 431 g/mol. The molecule has 31 heavy (non-hydrogen) atoms. The first-order chi connectivity index (χ1) is 14.8. The number of nitriles is 2. The number of hydrogen-bond acceptors (Lipinski definition) is 8. The van der Waals surface area contributed by atoms with E-state index in [4.69, 9.17) is 5.73 Å². The number of hydrogen-bond donors (Lipinski definition) is 1. The van der Waals surface area contributed by atoms with Crippen LogP contribution in [0, 0.1) is 22.7 Å². The molecule has 1 saturated heterocycles. The van der Waals surface area contributed by atoms with Crippen molar-refractivity contribution >= 4 is 40.9 Å². The molecule has 2 heterocycles. The number of benzene rings is 1. The van der Waals surface area contributed by atoms with Crippen molar-refractivity contribution in [2.24, 2.45) is 0 Å². The van der Waals surface area contributed by atoms with Crippen molar-refractivity contribution < 1.29 is 14.4 Å². The summed E-state index contributed by atoms with van der Waals surface area (Å²) in [5.41, 5.74) is 7.89. The van der Waals surface area contributed by atoms with Crippen molar-refractivity contribution in [3.8, 4) is 12.1 Å². The molecule has 2 aliphatic rings. The van der Waals surface area contributed by atoms with Crippen molar-refractivity contribution in [2.75, 3.05) is 10.6 Å². The van der Waals surface area contributed by atoms with Crippen LogP contribution in [0.1, 0.15) is 59.2 Å². The summed E-state index contributed by atoms with van der Waals surface area (Å²) < 4.78 is 0. The summed E-state index contributed by atoms with van der Waals surface area (Å²) in [6.07, 6.45) is 1.67. The molecule has 2 N–H and O–H groups in total. The van der Waals surface area contributed by atoms with Gasteiger partial charge in [-0.3, -0.25) is 14.4 Å². The minimum atomic E-state index is -0.765. The summed E-state index contributed by atoms with van der Waals surface area (Å²) in [6, 6.07) is 10.4. The van der Waals surface area contributed by atoms with Gasteiger partial charge in [0.1, 0.15) is 23.0 Å². The number of carbonyl (C=O) groups is 3. The highest BCUT2D eigenvalue weighted by Gasteiger charge is 2.41. The van der Waals surface area contributed by atoms with Crippen LogP contribution in [-0.2, 0) is 9.59 Å². The number of pyridine rings is 1. The van der Waals surface area contributed by atoms with Gasteiger partial charge >= 0.3 is 0 Å². The topological polar surface area (TPSA) is 141 Å². The molecular formula is C22H17N5O3S. The summed E-state index contributed by atoms with van der Waals surface area (Å²) in [5, 5.41) is 18.7. The Balaban J connectivity index is 1.65. The lowest BCUT2D eigenvalue weighted by molar-refractivity contribution is -0.121. The molecule has 2 amide bonds. The molecule has 1 aromatic heterocycles. The van der Waals surface area contributed by atoms with Crippen LogP contribution in [0.3, 0.4) is 0 Å². The lowest BCUT2D eigenvalue weighted by Gasteiger charge is -2.16. The smallest absolute Gasteiger partial charge is 0.247 e. The number of thioether (sulfide) groups is 1. The van der Waals surface area contributed by atoms with Crippen LogP contribution in [0.25, 0.3) is 0 Å². The van der Waals surface area contributed by atoms with E-state index in [1.807, 2.05) is 6.07 Å². The zero-order chi connectivity index (χ0) is 22.3. The molecule has 1 saturated carbocycles. The number of nitrogens with two attached hydrogens (primary N) is 1. The number of Topliss-reactive ketones (excluding diaryl/α,β-unsaturated/α-hetero) is 1. The maximum atomic E-state index is 13.0. The number of amides is 2. The van der Waals surface area contributed by atoms with Gasteiger partial charge in [-0.15, -0.1) is 0 Å². The second-order valence-electron chi connectivity index (χ2n) is 7.44. The van der Waals surface area contributed by atoms with Gasteiger partial charge in [0.05, 0.1) is 22.1 Å². The van der Waals surface area contributed by atoms with E-state index < -0.39 is 11.2 Å². The Kier molecular flexibility index (Phi) is 5.22. The third-order valence-corrected chi connectivity index (χ3v) is 6.50. The zero-order valence-corrected chi connectivity index (χ0v) is 17.4. The van der Waals surface area contributed by atoms with Crippen molar-refractivity contribution in [1.29, 1.82) is 10.5 Å². The molecule has 1 aliphatic heterocycles. The number of carbonyl (C=O) groups excluding carboxylic acids is 3. The zero-order valence-electron chi connectivity index (χ0n) is 16.6. The number of nitrogen functional groups attached to an aromatic ring is 1. The van der Waals surface area contributed by atoms with Gasteiger partial charge in [0.25, 0.3) is 0 Å². The van der Waals surface area contributed by atoms with Gasteiger partial charge in [-0.05, 0) is 55.5 Å². The van der Waals surface area contributed by atoms with Crippen LogP contribution in [0.5, 0.6) is 0 Å². The van der Waals surface area contributed by atoms with Crippen molar-refractivity contribution in [3.05, 3.63) is 46.5 Å². The quantitative estimate of drug-likeness (QED) is 0.563. The van der Waals surface area contributed by atoms with Crippen LogP contribution in [-0.4, -0.2) is 27.8 Å². The third kappa shape index (κ3) is 3.65. The summed E-state index contributed by atoms with van der Waals surface area (Å²) in [5.74, 6) is -0.794. The number of rotatable bonds is 5. The molecule has 0 unspecified atom stereocenters. The van der Waals surface area contributed by atoms with E-state index in [1.54, 1.807) is 24.3 Å². The Morgan fingerprint density at radius 1 is 1.16 bits per heavy atom. The van der Waals surface area contributed by atoms with E-state index in [0.29, 0.717) is 16.8 Å². The summed E-state index contributed by atoms with van der Waals surface area (Å²) in [6.45, 7) is 1.44. The fraction of sp³-hybridized carbons (Fsp3) is 0.273. The van der Waals surface area contributed by atoms with Gasteiger partial charge in [0.2, 0.25) is 11.8 Å². The van der Waals surface area contributed by atoms with Gasteiger partial charge < -0.3 is 5.73 Å². The first kappa shape index (κ1) is 20.6. The summed E-state index contributed by atoms with van der Waals surface area (Å²) in [4.78, 5) is 42.3. The maximum Gasteiger partial charge on any atom is 0.247 e. The number of anilines is 2. The van der Waals surface area contributed by atoms with E-state index in [-0.39, 0.29) is 46.0 Å². The van der Waals surface area contributed by atoms with E-state index in [9.17, 15) is 24.9 Å². The SMILES string of the molecule is CC(=O)c1ccc(N2C(=O)C[C@H](Sc3nc(N)c(C#N)c(C4CC4)c3C#N)C2=O)cc1.